The minimum absolute atomic E-state index is 0.813. The van der Waals surface area contributed by atoms with E-state index in [1.165, 1.54) is 68.2 Å². The molecule has 0 spiro atoms. The third-order valence-electron chi connectivity index (χ3n) is 6.07. The summed E-state index contributed by atoms with van der Waals surface area (Å²) < 4.78 is 1.31. The second-order valence-corrected chi connectivity index (χ2v) is 6.82. The SMILES string of the molecule is CC[N+](CC)(CC)C(Cc1ccccc1)C1CCCCC1. The lowest BCUT2D eigenvalue weighted by Gasteiger charge is -2.47. The van der Waals surface area contributed by atoms with Crippen molar-refractivity contribution < 1.29 is 4.48 Å². The molecule has 1 aliphatic carbocycles. The second-order valence-electron chi connectivity index (χ2n) is 6.82. The zero-order valence-corrected chi connectivity index (χ0v) is 14.4. The van der Waals surface area contributed by atoms with E-state index in [0.29, 0.717) is 0 Å². The summed E-state index contributed by atoms with van der Waals surface area (Å²) in [5, 5.41) is 0. The van der Waals surface area contributed by atoms with Crippen LogP contribution in [0.2, 0.25) is 0 Å². The number of nitrogens with zero attached hydrogens (tertiary/aromatic N) is 1. The van der Waals surface area contributed by atoms with Crippen LogP contribution in [0.1, 0.15) is 58.4 Å². The summed E-state index contributed by atoms with van der Waals surface area (Å²) in [5.74, 6) is 0.929. The van der Waals surface area contributed by atoms with Crippen LogP contribution in [-0.2, 0) is 6.42 Å². The number of likely N-dealkylation sites (N-methyl/N-ethyl adjacent to an activating group) is 1. The lowest BCUT2D eigenvalue weighted by atomic mass is 9.79. The summed E-state index contributed by atoms with van der Waals surface area (Å²) in [4.78, 5) is 0. The largest absolute Gasteiger partial charge is 0.321 e. The van der Waals surface area contributed by atoms with Crippen molar-refractivity contribution in [2.24, 2.45) is 5.92 Å². The molecule has 118 valence electrons. The molecule has 1 aliphatic rings. The minimum Gasteiger partial charge on any atom is -0.321 e. The summed E-state index contributed by atoms with van der Waals surface area (Å²) in [6, 6.07) is 12.0. The molecular formula is C20H34N+. The Kier molecular flexibility index (Phi) is 6.29. The zero-order valence-electron chi connectivity index (χ0n) is 14.4. The molecule has 0 bridgehead atoms. The molecule has 0 aliphatic heterocycles. The van der Waals surface area contributed by atoms with Gasteiger partial charge in [-0.05, 0) is 39.2 Å². The fourth-order valence-electron chi connectivity index (χ4n) is 4.56. The molecule has 1 aromatic carbocycles. The molecule has 1 fully saturated rings. The van der Waals surface area contributed by atoms with E-state index in [2.05, 4.69) is 51.1 Å². The fourth-order valence-corrected chi connectivity index (χ4v) is 4.56. The third-order valence-corrected chi connectivity index (χ3v) is 6.07. The standard InChI is InChI=1S/C20H34N/c1-4-21(5-2,6-3)20(19-15-11-8-12-16-19)17-18-13-9-7-10-14-18/h7,9-10,13-14,19-20H,4-6,8,11-12,15-17H2,1-3H3/q+1. The highest BCUT2D eigenvalue weighted by atomic mass is 15.4. The summed E-state index contributed by atoms with van der Waals surface area (Å²) >= 11 is 0. The first-order valence-corrected chi connectivity index (χ1v) is 9.15. The number of quaternary nitrogens is 1. The van der Waals surface area contributed by atoms with Crippen LogP contribution in [0.15, 0.2) is 30.3 Å². The zero-order chi connectivity index (χ0) is 15.1. The van der Waals surface area contributed by atoms with Gasteiger partial charge in [-0.25, -0.2) is 0 Å². The Morgan fingerprint density at radius 2 is 1.48 bits per heavy atom. The molecule has 0 aromatic heterocycles. The topological polar surface area (TPSA) is 0 Å². The van der Waals surface area contributed by atoms with Crippen molar-refractivity contribution in [1.29, 1.82) is 0 Å². The van der Waals surface area contributed by atoms with Gasteiger partial charge in [0.05, 0.1) is 25.7 Å². The first-order valence-electron chi connectivity index (χ1n) is 9.15. The van der Waals surface area contributed by atoms with E-state index in [9.17, 15) is 0 Å². The Morgan fingerprint density at radius 1 is 0.905 bits per heavy atom. The second kappa shape index (κ2) is 7.98. The van der Waals surface area contributed by atoms with Gasteiger partial charge in [0.1, 0.15) is 0 Å². The molecular weight excluding hydrogens is 254 g/mol. The van der Waals surface area contributed by atoms with Gasteiger partial charge in [-0.1, -0.05) is 49.6 Å². The third kappa shape index (κ3) is 3.88. The highest BCUT2D eigenvalue weighted by Gasteiger charge is 2.38. The van der Waals surface area contributed by atoms with Crippen molar-refractivity contribution >= 4 is 0 Å². The van der Waals surface area contributed by atoms with E-state index in [1.54, 1.807) is 0 Å². The molecule has 2 rings (SSSR count). The highest BCUT2D eigenvalue weighted by Crippen LogP contribution is 2.34. The lowest BCUT2D eigenvalue weighted by molar-refractivity contribution is -0.950. The van der Waals surface area contributed by atoms with Crippen LogP contribution >= 0.6 is 0 Å². The van der Waals surface area contributed by atoms with Crippen molar-refractivity contribution in [3.63, 3.8) is 0 Å². The fraction of sp³-hybridized carbons (Fsp3) is 0.700. The molecule has 0 radical (unpaired) electrons. The summed E-state index contributed by atoms with van der Waals surface area (Å²) in [6.45, 7) is 11.0. The van der Waals surface area contributed by atoms with Crippen molar-refractivity contribution in [2.75, 3.05) is 19.6 Å². The van der Waals surface area contributed by atoms with Gasteiger partial charge >= 0.3 is 0 Å². The number of hydrogen-bond acceptors (Lipinski definition) is 0. The quantitative estimate of drug-likeness (QED) is 0.616. The Hall–Kier alpha value is -0.820. The Morgan fingerprint density at radius 3 is 2.00 bits per heavy atom. The molecule has 1 heteroatoms. The molecule has 0 saturated heterocycles. The van der Waals surface area contributed by atoms with Gasteiger partial charge in [-0.2, -0.15) is 0 Å². The van der Waals surface area contributed by atoms with E-state index >= 15 is 0 Å². The number of hydrogen-bond donors (Lipinski definition) is 0. The molecule has 1 unspecified atom stereocenters. The van der Waals surface area contributed by atoms with Crippen molar-refractivity contribution in [2.45, 2.75) is 65.3 Å². The minimum atomic E-state index is 0.813. The molecule has 1 aromatic rings. The van der Waals surface area contributed by atoms with Gasteiger partial charge in [0, 0.05) is 12.3 Å². The van der Waals surface area contributed by atoms with E-state index in [0.717, 1.165) is 12.0 Å². The molecule has 21 heavy (non-hydrogen) atoms. The van der Waals surface area contributed by atoms with Gasteiger partial charge in [0.15, 0.2) is 0 Å². The Bertz CT molecular complexity index is 379. The van der Waals surface area contributed by atoms with Crippen LogP contribution < -0.4 is 0 Å². The van der Waals surface area contributed by atoms with Crippen LogP contribution in [-0.4, -0.2) is 30.2 Å². The smallest absolute Gasteiger partial charge is 0.0959 e. The van der Waals surface area contributed by atoms with E-state index in [-0.39, 0.29) is 0 Å². The van der Waals surface area contributed by atoms with Gasteiger partial charge in [-0.15, -0.1) is 0 Å². The van der Waals surface area contributed by atoms with Gasteiger partial charge in [0.2, 0.25) is 0 Å². The van der Waals surface area contributed by atoms with Gasteiger partial charge in [-0.3, -0.25) is 0 Å². The molecule has 0 amide bonds. The Balaban J connectivity index is 2.24. The summed E-state index contributed by atoms with van der Waals surface area (Å²) in [5.41, 5.74) is 1.53. The van der Waals surface area contributed by atoms with Gasteiger partial charge < -0.3 is 4.48 Å². The highest BCUT2D eigenvalue weighted by molar-refractivity contribution is 5.15. The molecule has 0 heterocycles. The Labute approximate surface area is 132 Å². The maximum Gasteiger partial charge on any atom is 0.0959 e. The molecule has 0 N–H and O–H groups in total. The summed E-state index contributed by atoms with van der Waals surface area (Å²) in [6.07, 6.45) is 8.54. The van der Waals surface area contributed by atoms with Crippen LogP contribution in [0.5, 0.6) is 0 Å². The first kappa shape index (κ1) is 16.5. The van der Waals surface area contributed by atoms with E-state index < -0.39 is 0 Å². The van der Waals surface area contributed by atoms with Crippen molar-refractivity contribution in [3.05, 3.63) is 35.9 Å². The van der Waals surface area contributed by atoms with Crippen LogP contribution in [0.25, 0.3) is 0 Å². The first-order chi connectivity index (χ1) is 10.3. The normalized spacial score (nSPS) is 18.6. The molecule has 1 atom stereocenters. The van der Waals surface area contributed by atoms with E-state index in [1.807, 2.05) is 0 Å². The van der Waals surface area contributed by atoms with E-state index in [4.69, 9.17) is 0 Å². The monoisotopic (exact) mass is 288 g/mol. The van der Waals surface area contributed by atoms with Crippen molar-refractivity contribution in [3.8, 4) is 0 Å². The van der Waals surface area contributed by atoms with Crippen LogP contribution in [0.4, 0.5) is 0 Å². The predicted molar refractivity (Wildman–Crippen MR) is 92.4 cm³/mol. The average Bonchev–Trinajstić information content (AvgIpc) is 2.57. The van der Waals surface area contributed by atoms with Gasteiger partial charge in [0.25, 0.3) is 0 Å². The molecule has 1 nitrogen and oxygen atoms in total. The molecule has 1 saturated carbocycles. The average molecular weight is 288 g/mol. The maximum atomic E-state index is 2.40. The van der Waals surface area contributed by atoms with Crippen LogP contribution in [0.3, 0.4) is 0 Å². The maximum absolute atomic E-state index is 2.40. The number of rotatable bonds is 7. The van der Waals surface area contributed by atoms with Crippen molar-refractivity contribution in [1.82, 2.24) is 0 Å². The lowest BCUT2D eigenvalue weighted by Crippen LogP contribution is -2.59. The van der Waals surface area contributed by atoms with Crippen LogP contribution in [0, 0.1) is 5.92 Å². The number of benzene rings is 1. The summed E-state index contributed by atoms with van der Waals surface area (Å²) in [7, 11) is 0. The predicted octanol–water partition coefficient (Wildman–Crippen LogP) is 5.05.